The van der Waals surface area contributed by atoms with Gasteiger partial charge in [0.15, 0.2) is 11.7 Å². The fourth-order valence-electron chi connectivity index (χ4n) is 3.23. The summed E-state index contributed by atoms with van der Waals surface area (Å²) < 4.78 is 5.28. The van der Waals surface area contributed by atoms with E-state index in [4.69, 9.17) is 4.52 Å². The molecule has 1 aliphatic carbocycles. The minimum atomic E-state index is 0.510. The van der Waals surface area contributed by atoms with E-state index in [-0.39, 0.29) is 0 Å². The second-order valence-corrected chi connectivity index (χ2v) is 6.32. The number of rotatable bonds is 4. The van der Waals surface area contributed by atoms with Crippen LogP contribution in [0.2, 0.25) is 0 Å². The summed E-state index contributed by atoms with van der Waals surface area (Å²) in [5, 5.41) is 10.8. The highest BCUT2D eigenvalue weighted by Gasteiger charge is 2.24. The summed E-state index contributed by atoms with van der Waals surface area (Å²) in [5.41, 5.74) is 0.990. The molecule has 0 amide bonds. The van der Waals surface area contributed by atoms with E-state index in [1.165, 1.54) is 19.3 Å². The molecule has 5 nitrogen and oxygen atoms in total. The SMILES string of the molecule is CCc1cc(CNC(=NC)NC2CC(C)CC(C)C2)on1. The molecule has 1 aliphatic rings. The van der Waals surface area contributed by atoms with E-state index in [1.807, 2.05) is 13.1 Å². The first-order valence-corrected chi connectivity index (χ1v) is 8.02. The Morgan fingerprint density at radius 1 is 1.33 bits per heavy atom. The van der Waals surface area contributed by atoms with Crippen LogP contribution in [0.1, 0.15) is 51.5 Å². The Hall–Kier alpha value is -1.52. The smallest absolute Gasteiger partial charge is 0.191 e. The number of guanidine groups is 1. The van der Waals surface area contributed by atoms with Gasteiger partial charge >= 0.3 is 0 Å². The number of nitrogens with zero attached hydrogens (tertiary/aromatic N) is 2. The predicted molar refractivity (Wildman–Crippen MR) is 85.2 cm³/mol. The third-order valence-electron chi connectivity index (χ3n) is 4.14. The van der Waals surface area contributed by atoms with E-state index < -0.39 is 0 Å². The van der Waals surface area contributed by atoms with Crippen LogP contribution in [0.15, 0.2) is 15.6 Å². The summed E-state index contributed by atoms with van der Waals surface area (Å²) in [7, 11) is 1.81. The summed E-state index contributed by atoms with van der Waals surface area (Å²) >= 11 is 0. The van der Waals surface area contributed by atoms with Crippen LogP contribution in [0.5, 0.6) is 0 Å². The number of hydrogen-bond acceptors (Lipinski definition) is 3. The summed E-state index contributed by atoms with van der Waals surface area (Å²) in [4.78, 5) is 4.31. The summed E-state index contributed by atoms with van der Waals surface area (Å²) in [6.07, 6.45) is 4.66. The molecular formula is C16H28N4O. The molecule has 1 fully saturated rings. The van der Waals surface area contributed by atoms with Gasteiger partial charge in [-0.25, -0.2) is 0 Å². The Bertz CT molecular complexity index is 459. The number of aryl methyl sites for hydroxylation is 1. The maximum atomic E-state index is 5.28. The zero-order valence-corrected chi connectivity index (χ0v) is 13.6. The molecule has 0 spiro atoms. The van der Waals surface area contributed by atoms with Crippen molar-refractivity contribution in [3.63, 3.8) is 0 Å². The molecule has 0 aromatic carbocycles. The zero-order valence-electron chi connectivity index (χ0n) is 13.6. The molecule has 0 aliphatic heterocycles. The first-order valence-electron chi connectivity index (χ1n) is 8.02. The minimum Gasteiger partial charge on any atom is -0.359 e. The van der Waals surface area contributed by atoms with Gasteiger partial charge in [-0.3, -0.25) is 4.99 Å². The van der Waals surface area contributed by atoms with Crippen molar-refractivity contribution in [1.82, 2.24) is 15.8 Å². The second kappa shape index (κ2) is 7.48. The number of hydrogen-bond donors (Lipinski definition) is 2. The monoisotopic (exact) mass is 292 g/mol. The molecule has 5 heteroatoms. The van der Waals surface area contributed by atoms with Crippen LogP contribution in [-0.2, 0) is 13.0 Å². The van der Waals surface area contributed by atoms with Crippen LogP contribution in [0, 0.1) is 11.8 Å². The Balaban J connectivity index is 1.83. The van der Waals surface area contributed by atoms with Crippen molar-refractivity contribution < 1.29 is 4.52 Å². The predicted octanol–water partition coefficient (Wildman–Crippen LogP) is 2.73. The first kappa shape index (κ1) is 15.9. The zero-order chi connectivity index (χ0) is 15.2. The highest BCUT2D eigenvalue weighted by molar-refractivity contribution is 5.79. The molecule has 118 valence electrons. The second-order valence-electron chi connectivity index (χ2n) is 6.32. The van der Waals surface area contributed by atoms with Gasteiger partial charge in [0.05, 0.1) is 12.2 Å². The molecule has 0 saturated heterocycles. The fourth-order valence-corrected chi connectivity index (χ4v) is 3.23. The van der Waals surface area contributed by atoms with Crippen molar-refractivity contribution >= 4 is 5.96 Å². The van der Waals surface area contributed by atoms with Crippen LogP contribution in [0.25, 0.3) is 0 Å². The van der Waals surface area contributed by atoms with E-state index in [0.29, 0.717) is 12.6 Å². The Labute approximate surface area is 127 Å². The van der Waals surface area contributed by atoms with Crippen molar-refractivity contribution in [1.29, 1.82) is 0 Å². The Morgan fingerprint density at radius 3 is 2.62 bits per heavy atom. The molecule has 2 atom stereocenters. The van der Waals surface area contributed by atoms with Crippen LogP contribution in [0.4, 0.5) is 0 Å². The first-order chi connectivity index (χ1) is 10.1. The van der Waals surface area contributed by atoms with Gasteiger partial charge in [0, 0.05) is 19.2 Å². The van der Waals surface area contributed by atoms with Crippen LogP contribution >= 0.6 is 0 Å². The maximum Gasteiger partial charge on any atom is 0.191 e. The van der Waals surface area contributed by atoms with Gasteiger partial charge in [-0.15, -0.1) is 0 Å². The van der Waals surface area contributed by atoms with Crippen molar-refractivity contribution in [2.75, 3.05) is 7.05 Å². The van der Waals surface area contributed by atoms with E-state index in [1.54, 1.807) is 0 Å². The molecule has 1 heterocycles. The molecule has 1 aromatic rings. The number of aliphatic imine (C=N–C) groups is 1. The Kier molecular flexibility index (Phi) is 5.65. The average Bonchev–Trinajstić information content (AvgIpc) is 2.90. The van der Waals surface area contributed by atoms with Crippen LogP contribution in [-0.4, -0.2) is 24.2 Å². The molecular weight excluding hydrogens is 264 g/mol. The molecule has 21 heavy (non-hydrogen) atoms. The molecule has 2 unspecified atom stereocenters. The minimum absolute atomic E-state index is 0.510. The van der Waals surface area contributed by atoms with Crippen LogP contribution < -0.4 is 10.6 Å². The lowest BCUT2D eigenvalue weighted by atomic mass is 9.80. The van der Waals surface area contributed by atoms with Gasteiger partial charge < -0.3 is 15.2 Å². The lowest BCUT2D eigenvalue weighted by Crippen LogP contribution is -2.45. The van der Waals surface area contributed by atoms with E-state index in [2.05, 4.69) is 41.6 Å². The lowest BCUT2D eigenvalue weighted by Gasteiger charge is -2.32. The molecule has 1 saturated carbocycles. The highest BCUT2D eigenvalue weighted by Crippen LogP contribution is 2.28. The summed E-state index contributed by atoms with van der Waals surface area (Å²) in [6.45, 7) is 7.36. The summed E-state index contributed by atoms with van der Waals surface area (Å²) in [6, 6.07) is 2.50. The third kappa shape index (κ3) is 4.76. The van der Waals surface area contributed by atoms with Crippen molar-refractivity contribution in [3.05, 3.63) is 17.5 Å². The topological polar surface area (TPSA) is 62.5 Å². The molecule has 2 rings (SSSR count). The van der Waals surface area contributed by atoms with Gasteiger partial charge in [0.25, 0.3) is 0 Å². The molecule has 0 radical (unpaired) electrons. The quantitative estimate of drug-likeness (QED) is 0.661. The largest absolute Gasteiger partial charge is 0.359 e. The van der Waals surface area contributed by atoms with E-state index in [0.717, 1.165) is 35.7 Å². The standard InChI is InChI=1S/C16H28N4O/c1-5-13-9-15(21-20-13)10-18-16(17-4)19-14-7-11(2)6-12(3)8-14/h9,11-12,14H,5-8,10H2,1-4H3,(H2,17,18,19). The van der Waals surface area contributed by atoms with Crippen molar-refractivity contribution in [2.45, 2.75) is 59.0 Å². The van der Waals surface area contributed by atoms with Crippen molar-refractivity contribution in [2.24, 2.45) is 16.8 Å². The molecule has 2 N–H and O–H groups in total. The average molecular weight is 292 g/mol. The lowest BCUT2D eigenvalue weighted by molar-refractivity contribution is 0.255. The van der Waals surface area contributed by atoms with Crippen LogP contribution in [0.3, 0.4) is 0 Å². The molecule has 0 bridgehead atoms. The van der Waals surface area contributed by atoms with Gasteiger partial charge in [-0.2, -0.15) is 0 Å². The van der Waals surface area contributed by atoms with Gasteiger partial charge in [0.2, 0.25) is 0 Å². The maximum absolute atomic E-state index is 5.28. The Morgan fingerprint density at radius 2 is 2.05 bits per heavy atom. The normalized spacial score (nSPS) is 26.7. The molecule has 1 aromatic heterocycles. The number of aromatic nitrogens is 1. The number of nitrogens with one attached hydrogen (secondary N) is 2. The van der Waals surface area contributed by atoms with E-state index >= 15 is 0 Å². The van der Waals surface area contributed by atoms with Gasteiger partial charge in [-0.05, 0) is 37.5 Å². The highest BCUT2D eigenvalue weighted by atomic mass is 16.5. The van der Waals surface area contributed by atoms with Crippen molar-refractivity contribution in [3.8, 4) is 0 Å². The van der Waals surface area contributed by atoms with Gasteiger partial charge in [-0.1, -0.05) is 25.9 Å². The fraction of sp³-hybridized carbons (Fsp3) is 0.750. The summed E-state index contributed by atoms with van der Waals surface area (Å²) in [5.74, 6) is 3.26. The third-order valence-corrected chi connectivity index (χ3v) is 4.14. The van der Waals surface area contributed by atoms with E-state index in [9.17, 15) is 0 Å². The van der Waals surface area contributed by atoms with Gasteiger partial charge in [0.1, 0.15) is 0 Å².